The van der Waals surface area contributed by atoms with Crippen LogP contribution in [-0.4, -0.2) is 16.9 Å². The summed E-state index contributed by atoms with van der Waals surface area (Å²) in [6, 6.07) is 11.7. The number of nitriles is 1. The minimum atomic E-state index is -0.0260. The van der Waals surface area contributed by atoms with Crippen molar-refractivity contribution in [1.82, 2.24) is 4.57 Å². The van der Waals surface area contributed by atoms with Crippen LogP contribution in [0.15, 0.2) is 30.3 Å². The van der Waals surface area contributed by atoms with Crippen molar-refractivity contribution in [3.8, 4) is 11.8 Å². The van der Waals surface area contributed by atoms with E-state index in [0.717, 1.165) is 11.4 Å². The van der Waals surface area contributed by atoms with Gasteiger partial charge in [0.05, 0.1) is 18.2 Å². The zero-order chi connectivity index (χ0) is 17.3. The van der Waals surface area contributed by atoms with Crippen molar-refractivity contribution in [1.29, 1.82) is 5.26 Å². The van der Waals surface area contributed by atoms with Gasteiger partial charge in [-0.15, -0.1) is 0 Å². The van der Waals surface area contributed by atoms with Gasteiger partial charge in [0.15, 0.2) is 5.78 Å². The summed E-state index contributed by atoms with van der Waals surface area (Å²) in [6.07, 6.45) is 3.79. The first-order valence-corrected chi connectivity index (χ1v) is 8.52. The van der Waals surface area contributed by atoms with Gasteiger partial charge < -0.3 is 10.3 Å². The van der Waals surface area contributed by atoms with E-state index >= 15 is 0 Å². The Kier molecular flexibility index (Phi) is 4.55. The summed E-state index contributed by atoms with van der Waals surface area (Å²) in [6.45, 7) is 4.24. The van der Waals surface area contributed by atoms with Gasteiger partial charge in [-0.2, -0.15) is 5.26 Å². The molecular formula is C20H23N3O. The number of Topliss-reactive ketones (excluding diaryl/α,β-unsaturated/α-hetero) is 1. The van der Waals surface area contributed by atoms with Crippen LogP contribution in [-0.2, 0) is 0 Å². The SMILES string of the molecule is Cc1c(C(=O)CN)cc([C@H](C)C2CCC2)n1-c1ccc(C#N)cc1. The molecular weight excluding hydrogens is 298 g/mol. The monoisotopic (exact) mass is 321 g/mol. The molecule has 0 amide bonds. The lowest BCUT2D eigenvalue weighted by atomic mass is 9.75. The summed E-state index contributed by atoms with van der Waals surface area (Å²) in [5.74, 6) is 1.05. The molecule has 4 nitrogen and oxygen atoms in total. The van der Waals surface area contributed by atoms with Gasteiger partial charge in [0, 0.05) is 22.6 Å². The summed E-state index contributed by atoms with van der Waals surface area (Å²) >= 11 is 0. The molecule has 1 fully saturated rings. The second-order valence-corrected chi connectivity index (χ2v) is 6.67. The number of nitrogens with zero attached hydrogens (tertiary/aromatic N) is 2. The lowest BCUT2D eigenvalue weighted by molar-refractivity contribution is 0.100. The molecule has 0 aliphatic heterocycles. The maximum atomic E-state index is 12.2. The zero-order valence-electron chi connectivity index (χ0n) is 14.2. The second-order valence-electron chi connectivity index (χ2n) is 6.67. The van der Waals surface area contributed by atoms with Crippen LogP contribution in [0.1, 0.15) is 59.4 Å². The topological polar surface area (TPSA) is 71.8 Å². The minimum Gasteiger partial charge on any atom is -0.324 e. The van der Waals surface area contributed by atoms with E-state index in [2.05, 4.69) is 17.6 Å². The molecule has 0 spiro atoms. The van der Waals surface area contributed by atoms with Gasteiger partial charge in [0.25, 0.3) is 0 Å². The molecule has 1 aliphatic rings. The van der Waals surface area contributed by atoms with E-state index in [1.165, 1.54) is 25.0 Å². The highest BCUT2D eigenvalue weighted by atomic mass is 16.1. The van der Waals surface area contributed by atoms with Crippen LogP contribution in [0.4, 0.5) is 0 Å². The van der Waals surface area contributed by atoms with Crippen molar-refractivity contribution in [2.75, 3.05) is 6.54 Å². The van der Waals surface area contributed by atoms with Crippen molar-refractivity contribution >= 4 is 5.78 Å². The Bertz CT molecular complexity index is 792. The van der Waals surface area contributed by atoms with Crippen molar-refractivity contribution in [2.45, 2.75) is 39.0 Å². The number of carbonyl (C=O) groups is 1. The van der Waals surface area contributed by atoms with Crippen molar-refractivity contribution in [2.24, 2.45) is 11.7 Å². The molecule has 1 aromatic carbocycles. The highest BCUT2D eigenvalue weighted by Gasteiger charge is 2.29. The average molecular weight is 321 g/mol. The van der Waals surface area contributed by atoms with Crippen LogP contribution in [0.3, 0.4) is 0 Å². The molecule has 2 N–H and O–H groups in total. The van der Waals surface area contributed by atoms with Gasteiger partial charge in [-0.05, 0) is 61.9 Å². The molecule has 24 heavy (non-hydrogen) atoms. The fourth-order valence-electron chi connectivity index (χ4n) is 3.57. The molecule has 2 aromatic rings. The van der Waals surface area contributed by atoms with E-state index in [1.54, 1.807) is 0 Å². The first kappa shape index (κ1) is 16.5. The van der Waals surface area contributed by atoms with Crippen LogP contribution < -0.4 is 5.73 Å². The van der Waals surface area contributed by atoms with Gasteiger partial charge in [-0.25, -0.2) is 0 Å². The van der Waals surface area contributed by atoms with Gasteiger partial charge in [0.1, 0.15) is 0 Å². The van der Waals surface area contributed by atoms with E-state index in [4.69, 9.17) is 11.0 Å². The number of aromatic nitrogens is 1. The molecule has 1 aliphatic carbocycles. The number of carbonyl (C=O) groups excluding carboxylic acids is 1. The first-order chi connectivity index (χ1) is 11.6. The standard InChI is InChI=1S/C20H23N3O/c1-13(16-4-3-5-16)19-10-18(20(24)12-22)14(2)23(19)17-8-6-15(11-21)7-9-17/h6-10,13,16H,3-5,12,22H2,1-2H3/t13-/m1/s1. The van der Waals surface area contributed by atoms with Gasteiger partial charge in [-0.1, -0.05) is 13.3 Å². The van der Waals surface area contributed by atoms with Crippen LogP contribution in [0.5, 0.6) is 0 Å². The fourth-order valence-corrected chi connectivity index (χ4v) is 3.57. The maximum Gasteiger partial charge on any atom is 0.178 e. The second kappa shape index (κ2) is 6.62. The largest absolute Gasteiger partial charge is 0.324 e. The third kappa shape index (κ3) is 2.76. The first-order valence-electron chi connectivity index (χ1n) is 8.52. The van der Waals surface area contributed by atoms with E-state index in [9.17, 15) is 4.79 Å². The molecule has 1 saturated carbocycles. The summed E-state index contributed by atoms with van der Waals surface area (Å²) in [5.41, 5.74) is 10.0. The van der Waals surface area contributed by atoms with E-state index in [1.807, 2.05) is 37.3 Å². The Morgan fingerprint density at radius 1 is 1.38 bits per heavy atom. The third-order valence-corrected chi connectivity index (χ3v) is 5.34. The molecule has 124 valence electrons. The molecule has 0 radical (unpaired) electrons. The van der Waals surface area contributed by atoms with Crippen LogP contribution in [0, 0.1) is 24.2 Å². The summed E-state index contributed by atoms with van der Waals surface area (Å²) in [7, 11) is 0. The minimum absolute atomic E-state index is 0.0233. The van der Waals surface area contributed by atoms with E-state index in [-0.39, 0.29) is 12.3 Å². The Morgan fingerprint density at radius 3 is 2.54 bits per heavy atom. The average Bonchev–Trinajstić information content (AvgIpc) is 2.90. The maximum absolute atomic E-state index is 12.2. The van der Waals surface area contributed by atoms with Gasteiger partial charge in [0.2, 0.25) is 0 Å². The Labute approximate surface area is 142 Å². The molecule has 3 rings (SSSR count). The van der Waals surface area contributed by atoms with Gasteiger partial charge in [-0.3, -0.25) is 4.79 Å². The number of rotatable bonds is 5. The molecule has 4 heteroatoms. The summed E-state index contributed by atoms with van der Waals surface area (Å²) < 4.78 is 2.16. The number of ketones is 1. The Morgan fingerprint density at radius 2 is 2.04 bits per heavy atom. The predicted octanol–water partition coefficient (Wildman–Crippen LogP) is 3.70. The van der Waals surface area contributed by atoms with Crippen LogP contribution in [0.25, 0.3) is 5.69 Å². The number of hydrogen-bond acceptors (Lipinski definition) is 3. The molecule has 1 aromatic heterocycles. The van der Waals surface area contributed by atoms with Gasteiger partial charge >= 0.3 is 0 Å². The normalized spacial score (nSPS) is 15.6. The summed E-state index contributed by atoms with van der Waals surface area (Å²) in [4.78, 5) is 12.2. The number of benzene rings is 1. The van der Waals surface area contributed by atoms with E-state index in [0.29, 0.717) is 23.0 Å². The molecule has 0 unspecified atom stereocenters. The van der Waals surface area contributed by atoms with E-state index < -0.39 is 0 Å². The summed E-state index contributed by atoms with van der Waals surface area (Å²) in [5, 5.41) is 9.00. The fraction of sp³-hybridized carbons (Fsp3) is 0.400. The number of hydrogen-bond donors (Lipinski definition) is 1. The zero-order valence-corrected chi connectivity index (χ0v) is 14.2. The van der Waals surface area contributed by atoms with Crippen molar-refractivity contribution in [3.05, 3.63) is 52.8 Å². The Hall–Kier alpha value is -2.38. The van der Waals surface area contributed by atoms with Crippen molar-refractivity contribution < 1.29 is 4.79 Å². The predicted molar refractivity (Wildman–Crippen MR) is 94.4 cm³/mol. The highest BCUT2D eigenvalue weighted by Crippen LogP contribution is 2.41. The third-order valence-electron chi connectivity index (χ3n) is 5.34. The lowest BCUT2D eigenvalue weighted by Gasteiger charge is -2.32. The lowest BCUT2D eigenvalue weighted by Crippen LogP contribution is -2.20. The van der Waals surface area contributed by atoms with Crippen molar-refractivity contribution in [3.63, 3.8) is 0 Å². The highest BCUT2D eigenvalue weighted by molar-refractivity contribution is 5.99. The Balaban J connectivity index is 2.11. The van der Waals surface area contributed by atoms with Crippen LogP contribution in [0.2, 0.25) is 0 Å². The number of nitrogens with two attached hydrogens (primary N) is 1. The molecule has 0 saturated heterocycles. The quantitative estimate of drug-likeness (QED) is 0.853. The van der Waals surface area contributed by atoms with Crippen LogP contribution >= 0.6 is 0 Å². The molecule has 0 bridgehead atoms. The molecule has 1 heterocycles. The smallest absolute Gasteiger partial charge is 0.178 e. The molecule has 1 atom stereocenters.